The zero-order valence-electron chi connectivity index (χ0n) is 12.5. The minimum atomic E-state index is -0.300. The van der Waals surface area contributed by atoms with Crippen LogP contribution in [0.1, 0.15) is 21.7 Å². The normalized spacial score (nSPS) is 12.8. The molecule has 0 amide bonds. The third-order valence-electron chi connectivity index (χ3n) is 3.73. The van der Waals surface area contributed by atoms with Gasteiger partial charge in [0.15, 0.2) is 17.2 Å². The number of aromatic nitrogens is 1. The maximum Gasteiger partial charge on any atom is 0.317 e. The molecule has 2 heterocycles. The second-order valence-electron chi connectivity index (χ2n) is 4.95. The van der Waals surface area contributed by atoms with Crippen LogP contribution < -0.4 is 14.2 Å². The summed E-state index contributed by atoms with van der Waals surface area (Å²) in [6.07, 6.45) is 0.186. The van der Waals surface area contributed by atoms with Crippen molar-refractivity contribution in [1.82, 2.24) is 4.57 Å². The molecule has 0 saturated carbocycles. The van der Waals surface area contributed by atoms with Gasteiger partial charge in [0.05, 0.1) is 32.0 Å². The number of methoxy groups -OCH3 is 2. The Hall–Kier alpha value is -2.76. The van der Waals surface area contributed by atoms with E-state index >= 15 is 0 Å². The van der Waals surface area contributed by atoms with Crippen molar-refractivity contribution >= 4 is 11.8 Å². The maximum atomic E-state index is 12.7. The lowest BCUT2D eigenvalue weighted by Crippen LogP contribution is -2.11. The van der Waals surface area contributed by atoms with Crippen molar-refractivity contribution in [3.8, 4) is 17.2 Å². The summed E-state index contributed by atoms with van der Waals surface area (Å²) in [4.78, 5) is 23.9. The molecule has 1 aliphatic heterocycles. The Morgan fingerprint density at radius 1 is 1.18 bits per heavy atom. The Kier molecular flexibility index (Phi) is 3.36. The van der Waals surface area contributed by atoms with Crippen molar-refractivity contribution in [2.75, 3.05) is 14.2 Å². The van der Waals surface area contributed by atoms with Crippen LogP contribution in [0.25, 0.3) is 0 Å². The van der Waals surface area contributed by atoms with Gasteiger partial charge in [0, 0.05) is 18.7 Å². The van der Waals surface area contributed by atoms with E-state index in [0.29, 0.717) is 34.2 Å². The van der Waals surface area contributed by atoms with Gasteiger partial charge in [-0.15, -0.1) is 0 Å². The lowest BCUT2D eigenvalue weighted by atomic mass is 10.1. The fourth-order valence-corrected chi connectivity index (χ4v) is 2.55. The van der Waals surface area contributed by atoms with E-state index in [1.807, 2.05) is 0 Å². The molecule has 6 heteroatoms. The lowest BCUT2D eigenvalue weighted by molar-refractivity contribution is -0.131. The first kappa shape index (κ1) is 14.2. The fourth-order valence-electron chi connectivity index (χ4n) is 2.55. The van der Waals surface area contributed by atoms with Gasteiger partial charge in [0.1, 0.15) is 0 Å². The second kappa shape index (κ2) is 5.22. The van der Waals surface area contributed by atoms with Crippen LogP contribution in [-0.2, 0) is 18.3 Å². The van der Waals surface area contributed by atoms with Gasteiger partial charge in [-0.1, -0.05) is 0 Å². The summed E-state index contributed by atoms with van der Waals surface area (Å²) in [7, 11) is 4.80. The van der Waals surface area contributed by atoms with Gasteiger partial charge in [-0.3, -0.25) is 9.59 Å². The van der Waals surface area contributed by atoms with Crippen LogP contribution >= 0.6 is 0 Å². The van der Waals surface area contributed by atoms with Gasteiger partial charge in [0.2, 0.25) is 5.78 Å². The lowest BCUT2D eigenvalue weighted by Gasteiger charge is -2.09. The van der Waals surface area contributed by atoms with Gasteiger partial charge >= 0.3 is 5.97 Å². The van der Waals surface area contributed by atoms with E-state index in [4.69, 9.17) is 14.2 Å². The number of esters is 1. The highest BCUT2D eigenvalue weighted by Gasteiger charge is 2.28. The number of ketones is 1. The summed E-state index contributed by atoms with van der Waals surface area (Å²) in [5, 5.41) is 0. The highest BCUT2D eigenvalue weighted by Crippen LogP contribution is 2.32. The predicted octanol–water partition coefficient (Wildman–Crippen LogP) is 1.73. The number of ether oxygens (including phenoxy) is 3. The molecule has 0 bridgehead atoms. The zero-order valence-corrected chi connectivity index (χ0v) is 12.5. The number of carbonyl (C=O) groups is 2. The second-order valence-corrected chi connectivity index (χ2v) is 4.95. The first-order valence-corrected chi connectivity index (χ1v) is 6.71. The van der Waals surface area contributed by atoms with Crippen LogP contribution in [0, 0.1) is 0 Å². The number of carbonyl (C=O) groups excluding carboxylic acids is 2. The molecule has 1 aromatic carbocycles. The van der Waals surface area contributed by atoms with Gasteiger partial charge in [-0.2, -0.15) is 0 Å². The summed E-state index contributed by atoms with van der Waals surface area (Å²) in [5.74, 6) is 1.03. The maximum absolute atomic E-state index is 12.7. The first-order chi connectivity index (χ1) is 10.5. The molecule has 114 valence electrons. The Bertz CT molecular complexity index is 775. The van der Waals surface area contributed by atoms with Crippen molar-refractivity contribution < 1.29 is 23.8 Å². The molecule has 2 aromatic rings. The van der Waals surface area contributed by atoms with Crippen LogP contribution in [0.5, 0.6) is 17.2 Å². The predicted molar refractivity (Wildman–Crippen MR) is 77.7 cm³/mol. The van der Waals surface area contributed by atoms with E-state index < -0.39 is 0 Å². The molecule has 0 aliphatic carbocycles. The number of rotatable bonds is 4. The van der Waals surface area contributed by atoms with Crippen molar-refractivity contribution in [2.24, 2.45) is 7.05 Å². The van der Waals surface area contributed by atoms with E-state index in [2.05, 4.69) is 0 Å². The van der Waals surface area contributed by atoms with E-state index in [0.717, 1.165) is 0 Å². The average molecular weight is 301 g/mol. The topological polar surface area (TPSA) is 66.8 Å². The van der Waals surface area contributed by atoms with Crippen molar-refractivity contribution in [3.05, 3.63) is 41.2 Å². The molecular formula is C16H15NO5. The summed E-state index contributed by atoms with van der Waals surface area (Å²) >= 11 is 0. The zero-order chi connectivity index (χ0) is 15.9. The van der Waals surface area contributed by atoms with Gasteiger partial charge in [-0.25, -0.2) is 0 Å². The molecule has 0 unspecified atom stereocenters. The SMILES string of the molecule is COc1ccc(C(=O)c2cc3c(n2C)CC(=O)O3)cc1OC. The monoisotopic (exact) mass is 301 g/mol. The highest BCUT2D eigenvalue weighted by molar-refractivity contribution is 6.09. The quantitative estimate of drug-likeness (QED) is 0.635. The van der Waals surface area contributed by atoms with Crippen molar-refractivity contribution in [1.29, 1.82) is 0 Å². The highest BCUT2D eigenvalue weighted by atomic mass is 16.5. The molecule has 6 nitrogen and oxygen atoms in total. The Morgan fingerprint density at radius 2 is 1.91 bits per heavy atom. The number of hydrogen-bond donors (Lipinski definition) is 0. The molecule has 0 atom stereocenters. The van der Waals surface area contributed by atoms with E-state index in [1.165, 1.54) is 14.2 Å². The van der Waals surface area contributed by atoms with Crippen LogP contribution in [0.2, 0.25) is 0 Å². The van der Waals surface area contributed by atoms with Gasteiger partial charge in [0.25, 0.3) is 0 Å². The van der Waals surface area contributed by atoms with Crippen LogP contribution in [0.4, 0.5) is 0 Å². The van der Waals surface area contributed by atoms with Crippen LogP contribution in [0.3, 0.4) is 0 Å². The fraction of sp³-hybridized carbons (Fsp3) is 0.250. The molecule has 1 aliphatic rings. The first-order valence-electron chi connectivity index (χ1n) is 6.71. The molecule has 0 fully saturated rings. The number of hydrogen-bond acceptors (Lipinski definition) is 5. The van der Waals surface area contributed by atoms with Crippen LogP contribution in [0.15, 0.2) is 24.3 Å². The smallest absolute Gasteiger partial charge is 0.317 e. The Morgan fingerprint density at radius 3 is 2.55 bits per heavy atom. The molecule has 1 aromatic heterocycles. The third kappa shape index (κ3) is 2.13. The standard InChI is InChI=1S/C16H15NO5/c1-17-10-8-15(18)22-13(10)7-11(17)16(19)9-4-5-12(20-2)14(6-9)21-3/h4-7H,8H2,1-3H3. The molecule has 0 saturated heterocycles. The Balaban J connectivity index is 1.99. The minimum absolute atomic E-state index is 0.172. The molecule has 3 rings (SSSR count). The molecule has 0 radical (unpaired) electrons. The summed E-state index contributed by atoms with van der Waals surface area (Å²) in [6, 6.07) is 6.58. The van der Waals surface area contributed by atoms with E-state index in [9.17, 15) is 9.59 Å². The Labute approximate surface area is 127 Å². The molecule has 22 heavy (non-hydrogen) atoms. The number of benzene rings is 1. The van der Waals surface area contributed by atoms with E-state index in [-0.39, 0.29) is 18.2 Å². The summed E-state index contributed by atoms with van der Waals surface area (Å²) in [5.41, 5.74) is 1.65. The minimum Gasteiger partial charge on any atom is -0.493 e. The van der Waals surface area contributed by atoms with Crippen LogP contribution in [-0.4, -0.2) is 30.5 Å². The third-order valence-corrected chi connectivity index (χ3v) is 3.73. The number of nitrogens with zero attached hydrogens (tertiary/aromatic N) is 1. The summed E-state index contributed by atoms with van der Waals surface area (Å²) < 4.78 is 17.2. The number of fused-ring (bicyclic) bond motifs is 1. The average Bonchev–Trinajstić information content (AvgIpc) is 3.03. The summed E-state index contributed by atoms with van der Waals surface area (Å²) in [6.45, 7) is 0. The largest absolute Gasteiger partial charge is 0.493 e. The van der Waals surface area contributed by atoms with Crippen molar-refractivity contribution in [3.63, 3.8) is 0 Å². The van der Waals surface area contributed by atoms with Crippen molar-refractivity contribution in [2.45, 2.75) is 6.42 Å². The molecule has 0 spiro atoms. The van der Waals surface area contributed by atoms with E-state index in [1.54, 1.807) is 35.9 Å². The van der Waals surface area contributed by atoms with Gasteiger partial charge in [-0.05, 0) is 18.2 Å². The van der Waals surface area contributed by atoms with Gasteiger partial charge < -0.3 is 18.8 Å². The molecular weight excluding hydrogens is 286 g/mol. The molecule has 0 N–H and O–H groups in total.